The Balaban J connectivity index is 1.87. The first kappa shape index (κ1) is 25.0. The standard InChI is InChI=1S/C21H20ClF3N2O5S/c1-20(30,21(23,24)25)19(29)26-17-8-7-15(12-16(17)22)33(31,32)14-6-4-5-13(11-14)18(28)27-9-2-3-10-27/h4-8,11-12,30H,2-3,9-10H2,1H3,(H,26,29). The van der Waals surface area contributed by atoms with Gasteiger partial charge in [-0.1, -0.05) is 17.7 Å². The minimum Gasteiger partial charge on any atom is -0.373 e. The first-order valence-corrected chi connectivity index (χ1v) is 11.7. The van der Waals surface area contributed by atoms with Crippen LogP contribution in [0.3, 0.4) is 0 Å². The highest BCUT2D eigenvalue weighted by atomic mass is 35.5. The van der Waals surface area contributed by atoms with Crippen molar-refractivity contribution in [1.82, 2.24) is 4.90 Å². The lowest BCUT2D eigenvalue weighted by Gasteiger charge is -2.25. The fourth-order valence-corrected chi connectivity index (χ4v) is 4.80. The van der Waals surface area contributed by atoms with Gasteiger partial charge in [0.25, 0.3) is 11.8 Å². The van der Waals surface area contributed by atoms with E-state index in [4.69, 9.17) is 11.6 Å². The van der Waals surface area contributed by atoms with Crippen LogP contribution < -0.4 is 5.32 Å². The molecule has 0 saturated carbocycles. The van der Waals surface area contributed by atoms with E-state index in [0.29, 0.717) is 13.1 Å². The highest BCUT2D eigenvalue weighted by Gasteiger charge is 2.55. The number of hydrogen-bond acceptors (Lipinski definition) is 5. The third kappa shape index (κ3) is 4.99. The minimum absolute atomic E-state index is 0.166. The fourth-order valence-electron chi connectivity index (χ4n) is 3.17. The molecule has 1 atom stereocenters. The summed E-state index contributed by atoms with van der Waals surface area (Å²) in [5.41, 5.74) is -3.78. The van der Waals surface area contributed by atoms with Crippen molar-refractivity contribution < 1.29 is 36.3 Å². The Morgan fingerprint density at radius 3 is 2.24 bits per heavy atom. The van der Waals surface area contributed by atoms with Crippen LogP contribution in [0, 0.1) is 0 Å². The summed E-state index contributed by atoms with van der Waals surface area (Å²) in [6.45, 7) is 1.48. The van der Waals surface area contributed by atoms with Gasteiger partial charge in [0.1, 0.15) is 0 Å². The third-order valence-electron chi connectivity index (χ3n) is 5.28. The van der Waals surface area contributed by atoms with E-state index in [1.54, 1.807) is 4.90 Å². The molecule has 2 amide bonds. The number of carbonyl (C=O) groups is 2. The number of aliphatic hydroxyl groups is 1. The Hall–Kier alpha value is -2.63. The van der Waals surface area contributed by atoms with Gasteiger partial charge in [-0.05, 0) is 56.2 Å². The zero-order chi connectivity index (χ0) is 24.6. The van der Waals surface area contributed by atoms with Gasteiger partial charge in [0, 0.05) is 18.7 Å². The van der Waals surface area contributed by atoms with Gasteiger partial charge in [0.2, 0.25) is 15.4 Å². The first-order chi connectivity index (χ1) is 15.2. The second-order valence-corrected chi connectivity index (χ2v) is 10.1. The molecule has 2 aromatic carbocycles. The molecule has 0 aliphatic carbocycles. The highest BCUT2D eigenvalue weighted by molar-refractivity contribution is 7.91. The molecule has 2 N–H and O–H groups in total. The number of sulfone groups is 1. The van der Waals surface area contributed by atoms with Crippen molar-refractivity contribution in [3.63, 3.8) is 0 Å². The largest absolute Gasteiger partial charge is 0.426 e. The number of anilines is 1. The summed E-state index contributed by atoms with van der Waals surface area (Å²) in [7, 11) is -4.14. The van der Waals surface area contributed by atoms with Crippen LogP contribution >= 0.6 is 11.6 Å². The van der Waals surface area contributed by atoms with Crippen LogP contribution in [0.1, 0.15) is 30.1 Å². The van der Waals surface area contributed by atoms with Crippen LogP contribution in [0.25, 0.3) is 0 Å². The van der Waals surface area contributed by atoms with Crippen molar-refractivity contribution >= 4 is 38.9 Å². The zero-order valence-electron chi connectivity index (χ0n) is 17.3. The molecular formula is C21H20ClF3N2O5S. The molecule has 7 nitrogen and oxygen atoms in total. The highest BCUT2D eigenvalue weighted by Crippen LogP contribution is 2.33. The SMILES string of the molecule is CC(O)(C(=O)Nc1ccc(S(=O)(=O)c2cccc(C(=O)N3CCCC3)c2)cc1Cl)C(F)(F)F. The van der Waals surface area contributed by atoms with E-state index in [0.717, 1.165) is 31.0 Å². The first-order valence-electron chi connectivity index (χ1n) is 9.79. The van der Waals surface area contributed by atoms with E-state index in [2.05, 4.69) is 0 Å². The molecule has 3 rings (SSSR count). The van der Waals surface area contributed by atoms with Crippen LogP contribution in [0.15, 0.2) is 52.3 Å². The zero-order valence-corrected chi connectivity index (χ0v) is 18.9. The molecule has 12 heteroatoms. The second-order valence-electron chi connectivity index (χ2n) is 7.70. The second kappa shape index (κ2) is 8.96. The smallest absolute Gasteiger partial charge is 0.373 e. The molecular weight excluding hydrogens is 485 g/mol. The van der Waals surface area contributed by atoms with Crippen LogP contribution in [0.4, 0.5) is 18.9 Å². The third-order valence-corrected chi connectivity index (χ3v) is 7.34. The number of benzene rings is 2. The lowest BCUT2D eigenvalue weighted by atomic mass is 10.1. The molecule has 0 aromatic heterocycles. The van der Waals surface area contributed by atoms with Crippen LogP contribution in [0.2, 0.25) is 5.02 Å². The van der Waals surface area contributed by atoms with Crippen molar-refractivity contribution in [2.24, 2.45) is 0 Å². The monoisotopic (exact) mass is 504 g/mol. The lowest BCUT2D eigenvalue weighted by Crippen LogP contribution is -2.52. The van der Waals surface area contributed by atoms with Gasteiger partial charge in [-0.15, -0.1) is 0 Å². The molecule has 2 aromatic rings. The summed E-state index contributed by atoms with van der Waals surface area (Å²) in [6, 6.07) is 8.53. The van der Waals surface area contributed by atoms with E-state index in [1.165, 1.54) is 24.3 Å². The Labute approximate surface area is 193 Å². The number of nitrogens with one attached hydrogen (secondary N) is 1. The van der Waals surface area contributed by atoms with Gasteiger partial charge in [-0.25, -0.2) is 8.42 Å². The molecule has 0 bridgehead atoms. The summed E-state index contributed by atoms with van der Waals surface area (Å²) < 4.78 is 64.6. The lowest BCUT2D eigenvalue weighted by molar-refractivity contribution is -0.242. The predicted octanol–water partition coefficient (Wildman–Crippen LogP) is 3.66. The molecule has 1 heterocycles. The number of carbonyl (C=O) groups excluding carboxylic acids is 2. The topological polar surface area (TPSA) is 104 Å². The maximum Gasteiger partial charge on any atom is 0.426 e. The summed E-state index contributed by atoms with van der Waals surface area (Å²) >= 11 is 6.00. The Morgan fingerprint density at radius 2 is 1.67 bits per heavy atom. The number of hydrogen-bond donors (Lipinski definition) is 2. The predicted molar refractivity (Wildman–Crippen MR) is 114 cm³/mol. The van der Waals surface area contributed by atoms with Gasteiger partial charge in [-0.2, -0.15) is 13.2 Å². The average Bonchev–Trinajstić information content (AvgIpc) is 3.28. The van der Waals surface area contributed by atoms with Crippen molar-refractivity contribution in [2.45, 2.75) is 41.3 Å². The molecule has 1 saturated heterocycles. The number of halogens is 4. The number of alkyl halides is 3. The van der Waals surface area contributed by atoms with Gasteiger partial charge < -0.3 is 15.3 Å². The van der Waals surface area contributed by atoms with E-state index in [9.17, 15) is 36.3 Å². The summed E-state index contributed by atoms with van der Waals surface area (Å²) in [4.78, 5) is 25.6. The van der Waals surface area contributed by atoms with E-state index in [-0.39, 0.29) is 38.9 Å². The molecule has 0 radical (unpaired) electrons. The van der Waals surface area contributed by atoms with Crippen molar-refractivity contribution in [3.05, 3.63) is 53.1 Å². The Morgan fingerprint density at radius 1 is 1.06 bits per heavy atom. The van der Waals surface area contributed by atoms with Gasteiger partial charge in [0.15, 0.2) is 0 Å². The Bertz CT molecular complexity index is 1190. The van der Waals surface area contributed by atoms with Crippen molar-refractivity contribution in [1.29, 1.82) is 0 Å². The van der Waals surface area contributed by atoms with E-state index in [1.807, 2.05) is 5.32 Å². The quantitative estimate of drug-likeness (QED) is 0.646. The Kier molecular flexibility index (Phi) is 6.79. The van der Waals surface area contributed by atoms with E-state index < -0.39 is 27.5 Å². The normalized spacial score (nSPS) is 16.4. The van der Waals surface area contributed by atoms with Gasteiger partial charge in [-0.3, -0.25) is 9.59 Å². The van der Waals surface area contributed by atoms with Gasteiger partial charge in [0.05, 0.1) is 20.5 Å². The molecule has 0 spiro atoms. The summed E-state index contributed by atoms with van der Waals surface area (Å²) in [6.07, 6.45) is -3.47. The number of nitrogens with zero attached hydrogens (tertiary/aromatic N) is 1. The molecule has 1 aliphatic rings. The van der Waals surface area contributed by atoms with Gasteiger partial charge >= 0.3 is 6.18 Å². The molecule has 1 aliphatic heterocycles. The average molecular weight is 505 g/mol. The summed E-state index contributed by atoms with van der Waals surface area (Å²) in [5, 5.41) is 10.9. The van der Waals surface area contributed by atoms with Crippen LogP contribution in [-0.2, 0) is 14.6 Å². The molecule has 1 fully saturated rings. The maximum absolute atomic E-state index is 13.0. The van der Waals surface area contributed by atoms with E-state index >= 15 is 0 Å². The summed E-state index contributed by atoms with van der Waals surface area (Å²) in [5.74, 6) is -2.06. The van der Waals surface area contributed by atoms with Crippen molar-refractivity contribution in [3.8, 4) is 0 Å². The number of amides is 2. The van der Waals surface area contributed by atoms with Crippen molar-refractivity contribution in [2.75, 3.05) is 18.4 Å². The number of rotatable bonds is 5. The fraction of sp³-hybridized carbons (Fsp3) is 0.333. The van der Waals surface area contributed by atoms with Crippen LogP contribution in [0.5, 0.6) is 0 Å². The number of likely N-dealkylation sites (tertiary alicyclic amines) is 1. The minimum atomic E-state index is -5.23. The van der Waals surface area contributed by atoms with Crippen LogP contribution in [-0.4, -0.2) is 55.1 Å². The molecule has 178 valence electrons. The maximum atomic E-state index is 13.0. The molecule has 1 unspecified atom stereocenters. The molecule has 33 heavy (non-hydrogen) atoms.